The van der Waals surface area contributed by atoms with Gasteiger partial charge in [0, 0.05) is 30.5 Å². The molecule has 4 heteroatoms. The van der Waals surface area contributed by atoms with Gasteiger partial charge in [0.05, 0.1) is 5.52 Å². The summed E-state index contributed by atoms with van der Waals surface area (Å²) in [6.07, 6.45) is 0.651. The highest BCUT2D eigenvalue weighted by Crippen LogP contribution is 2.27. The fourth-order valence-electron chi connectivity index (χ4n) is 2.91. The van der Waals surface area contributed by atoms with Crippen LogP contribution in [0, 0.1) is 11.8 Å². The minimum Gasteiger partial charge on any atom is -0.383 e. The van der Waals surface area contributed by atoms with Crippen molar-refractivity contribution in [3.8, 4) is 0 Å². The van der Waals surface area contributed by atoms with E-state index < -0.39 is 0 Å². The van der Waals surface area contributed by atoms with Gasteiger partial charge < -0.3 is 10.6 Å². The van der Waals surface area contributed by atoms with E-state index >= 15 is 0 Å². The Kier molecular flexibility index (Phi) is 3.53. The molecular formula is C17H21N3O. The maximum atomic E-state index is 12.1. The zero-order valence-electron chi connectivity index (χ0n) is 12.5. The number of para-hydroxylation sites is 1. The molecule has 0 spiro atoms. The maximum Gasteiger partial charge on any atom is 0.223 e. The number of likely N-dealkylation sites (tertiary alicyclic amines) is 1. The van der Waals surface area contributed by atoms with Crippen molar-refractivity contribution in [3.63, 3.8) is 0 Å². The summed E-state index contributed by atoms with van der Waals surface area (Å²) >= 11 is 0. The van der Waals surface area contributed by atoms with Gasteiger partial charge in [0.15, 0.2) is 0 Å². The highest BCUT2D eigenvalue weighted by molar-refractivity contribution is 5.82. The van der Waals surface area contributed by atoms with E-state index in [1.165, 1.54) is 0 Å². The second-order valence-corrected chi connectivity index (χ2v) is 6.21. The second-order valence-electron chi connectivity index (χ2n) is 6.21. The number of hydrogen-bond donors (Lipinski definition) is 1. The first kappa shape index (κ1) is 13.9. The molecule has 2 aromatic rings. The molecule has 21 heavy (non-hydrogen) atoms. The first-order valence-electron chi connectivity index (χ1n) is 7.46. The van der Waals surface area contributed by atoms with E-state index in [0.717, 1.165) is 23.0 Å². The highest BCUT2D eigenvalue weighted by Gasteiger charge is 2.31. The molecule has 1 amide bonds. The van der Waals surface area contributed by atoms with Gasteiger partial charge in [-0.05, 0) is 24.0 Å². The van der Waals surface area contributed by atoms with Crippen LogP contribution in [0.5, 0.6) is 0 Å². The summed E-state index contributed by atoms with van der Waals surface area (Å²) in [6, 6.07) is 9.96. The lowest BCUT2D eigenvalue weighted by Gasteiger charge is -2.19. The first-order chi connectivity index (χ1) is 10.0. The Morgan fingerprint density at radius 2 is 2.14 bits per heavy atom. The summed E-state index contributed by atoms with van der Waals surface area (Å²) in [5, 5.41) is 1.06. The van der Waals surface area contributed by atoms with Gasteiger partial charge >= 0.3 is 0 Å². The topological polar surface area (TPSA) is 59.2 Å². The van der Waals surface area contributed by atoms with E-state index in [4.69, 9.17) is 5.73 Å². The molecule has 2 N–H and O–H groups in total. The summed E-state index contributed by atoms with van der Waals surface area (Å²) in [5.74, 6) is 1.73. The number of nitrogens with zero attached hydrogens (tertiary/aromatic N) is 2. The van der Waals surface area contributed by atoms with Gasteiger partial charge in [-0.25, -0.2) is 4.98 Å². The zero-order chi connectivity index (χ0) is 15.0. The molecule has 1 aliphatic rings. The SMILES string of the molecule is CC(C)C1CC(=O)N(Cc2cc3ccccc3nc2N)C1. The van der Waals surface area contributed by atoms with E-state index in [-0.39, 0.29) is 5.91 Å². The number of carbonyl (C=O) groups excluding carboxylic acids is 1. The molecule has 1 unspecified atom stereocenters. The molecule has 1 aromatic carbocycles. The van der Waals surface area contributed by atoms with Crippen molar-refractivity contribution in [1.29, 1.82) is 0 Å². The predicted molar refractivity (Wildman–Crippen MR) is 84.5 cm³/mol. The Hall–Kier alpha value is -2.10. The molecule has 0 saturated carbocycles. The fraction of sp³-hybridized carbons (Fsp3) is 0.412. The lowest BCUT2D eigenvalue weighted by molar-refractivity contribution is -0.128. The smallest absolute Gasteiger partial charge is 0.223 e. The number of fused-ring (bicyclic) bond motifs is 1. The standard InChI is InChI=1S/C17H21N3O/c1-11(2)13-8-16(21)20(9-13)10-14-7-12-5-3-4-6-15(12)19-17(14)18/h3-7,11,13H,8-10H2,1-2H3,(H2,18,19). The monoisotopic (exact) mass is 283 g/mol. The molecule has 1 fully saturated rings. The van der Waals surface area contributed by atoms with Crippen LogP contribution in [0.25, 0.3) is 10.9 Å². The van der Waals surface area contributed by atoms with Gasteiger partial charge in [0.1, 0.15) is 5.82 Å². The minimum absolute atomic E-state index is 0.223. The van der Waals surface area contributed by atoms with Gasteiger partial charge in [-0.15, -0.1) is 0 Å². The molecule has 110 valence electrons. The largest absolute Gasteiger partial charge is 0.383 e. The molecule has 1 atom stereocenters. The Bertz CT molecular complexity index is 681. The third-order valence-corrected chi connectivity index (χ3v) is 4.38. The van der Waals surface area contributed by atoms with Crippen LogP contribution in [0.2, 0.25) is 0 Å². The number of pyridine rings is 1. The number of carbonyl (C=O) groups is 1. The lowest BCUT2D eigenvalue weighted by atomic mass is 9.95. The number of nitrogen functional groups attached to an aromatic ring is 1. The lowest BCUT2D eigenvalue weighted by Crippen LogP contribution is -2.25. The number of amides is 1. The van der Waals surface area contributed by atoms with Crippen molar-refractivity contribution in [1.82, 2.24) is 9.88 Å². The van der Waals surface area contributed by atoms with Crippen LogP contribution < -0.4 is 5.73 Å². The van der Waals surface area contributed by atoms with Gasteiger partial charge in [-0.1, -0.05) is 32.0 Å². The van der Waals surface area contributed by atoms with Crippen molar-refractivity contribution in [2.24, 2.45) is 11.8 Å². The predicted octanol–water partition coefficient (Wildman–Crippen LogP) is 2.82. The normalized spacial score (nSPS) is 18.9. The van der Waals surface area contributed by atoms with Crippen molar-refractivity contribution in [2.45, 2.75) is 26.8 Å². The summed E-state index contributed by atoms with van der Waals surface area (Å²) in [6.45, 7) is 5.73. The van der Waals surface area contributed by atoms with Crippen molar-refractivity contribution >= 4 is 22.6 Å². The Morgan fingerprint density at radius 1 is 1.38 bits per heavy atom. The maximum absolute atomic E-state index is 12.1. The van der Waals surface area contributed by atoms with Crippen LogP contribution in [-0.2, 0) is 11.3 Å². The van der Waals surface area contributed by atoms with Crippen LogP contribution in [0.1, 0.15) is 25.8 Å². The average molecular weight is 283 g/mol. The van der Waals surface area contributed by atoms with E-state index in [1.807, 2.05) is 35.2 Å². The number of nitrogens with two attached hydrogens (primary N) is 1. The molecule has 0 radical (unpaired) electrons. The van der Waals surface area contributed by atoms with Crippen molar-refractivity contribution in [3.05, 3.63) is 35.9 Å². The first-order valence-corrected chi connectivity index (χ1v) is 7.46. The van der Waals surface area contributed by atoms with Crippen LogP contribution in [0.3, 0.4) is 0 Å². The summed E-state index contributed by atoms with van der Waals surface area (Å²) in [5.41, 5.74) is 7.89. The third kappa shape index (κ3) is 2.71. The van der Waals surface area contributed by atoms with Gasteiger partial charge in [-0.2, -0.15) is 0 Å². The van der Waals surface area contributed by atoms with Gasteiger partial charge in [0.2, 0.25) is 5.91 Å². The third-order valence-electron chi connectivity index (χ3n) is 4.38. The summed E-state index contributed by atoms with van der Waals surface area (Å²) in [7, 11) is 0. The molecule has 0 bridgehead atoms. The molecule has 1 aliphatic heterocycles. The molecule has 1 saturated heterocycles. The molecule has 0 aliphatic carbocycles. The number of hydrogen-bond acceptors (Lipinski definition) is 3. The van der Waals surface area contributed by atoms with E-state index in [2.05, 4.69) is 18.8 Å². The summed E-state index contributed by atoms with van der Waals surface area (Å²) in [4.78, 5) is 18.5. The van der Waals surface area contributed by atoms with E-state index in [0.29, 0.717) is 30.6 Å². The van der Waals surface area contributed by atoms with Gasteiger partial charge in [0.25, 0.3) is 0 Å². The highest BCUT2D eigenvalue weighted by atomic mass is 16.2. The molecule has 4 nitrogen and oxygen atoms in total. The number of aromatic nitrogens is 1. The molecule has 1 aromatic heterocycles. The number of rotatable bonds is 3. The van der Waals surface area contributed by atoms with Crippen LogP contribution in [0.15, 0.2) is 30.3 Å². The average Bonchev–Trinajstić information content (AvgIpc) is 2.81. The Balaban J connectivity index is 1.85. The van der Waals surface area contributed by atoms with E-state index in [1.54, 1.807) is 0 Å². The van der Waals surface area contributed by atoms with Crippen LogP contribution in [0.4, 0.5) is 5.82 Å². The van der Waals surface area contributed by atoms with Crippen molar-refractivity contribution < 1.29 is 4.79 Å². The second kappa shape index (κ2) is 5.35. The quantitative estimate of drug-likeness (QED) is 0.942. The minimum atomic E-state index is 0.223. The fourth-order valence-corrected chi connectivity index (χ4v) is 2.91. The van der Waals surface area contributed by atoms with Crippen molar-refractivity contribution in [2.75, 3.05) is 12.3 Å². The van der Waals surface area contributed by atoms with E-state index in [9.17, 15) is 4.79 Å². The number of anilines is 1. The Labute approximate surface area is 125 Å². The van der Waals surface area contributed by atoms with Gasteiger partial charge in [-0.3, -0.25) is 4.79 Å². The molecule has 3 rings (SSSR count). The zero-order valence-corrected chi connectivity index (χ0v) is 12.5. The number of benzene rings is 1. The van der Waals surface area contributed by atoms with Crippen LogP contribution in [-0.4, -0.2) is 22.3 Å². The van der Waals surface area contributed by atoms with Crippen LogP contribution >= 0.6 is 0 Å². The Morgan fingerprint density at radius 3 is 2.86 bits per heavy atom. The summed E-state index contributed by atoms with van der Waals surface area (Å²) < 4.78 is 0. The molecular weight excluding hydrogens is 262 g/mol. The molecule has 2 heterocycles.